The number of carbonyl (C=O) groups is 3. The van der Waals surface area contributed by atoms with Gasteiger partial charge in [-0.1, -0.05) is 31.2 Å². The van der Waals surface area contributed by atoms with Gasteiger partial charge in [-0.2, -0.15) is 0 Å². The van der Waals surface area contributed by atoms with Gasteiger partial charge in [-0.05, 0) is 42.3 Å². The van der Waals surface area contributed by atoms with E-state index in [0.717, 1.165) is 5.56 Å². The van der Waals surface area contributed by atoms with Crippen LogP contribution in [0.2, 0.25) is 0 Å². The molecule has 0 bridgehead atoms. The smallest absolute Gasteiger partial charge is 0.304 e. The van der Waals surface area contributed by atoms with Crippen molar-refractivity contribution in [2.24, 2.45) is 5.92 Å². The molecule has 36 heavy (non-hydrogen) atoms. The number of aliphatic hydroxyl groups is 2. The summed E-state index contributed by atoms with van der Waals surface area (Å²) in [6.07, 6.45) is 3.44. The van der Waals surface area contributed by atoms with Crippen molar-refractivity contribution in [3.63, 3.8) is 0 Å². The van der Waals surface area contributed by atoms with Crippen molar-refractivity contribution in [3.8, 4) is 5.75 Å². The predicted octanol–water partition coefficient (Wildman–Crippen LogP) is 2.63. The van der Waals surface area contributed by atoms with Gasteiger partial charge in [0, 0.05) is 30.7 Å². The maximum absolute atomic E-state index is 13.6. The number of methoxy groups -OCH3 is 1. The number of β-lactam (4-membered cyclic amide) rings is 1. The Bertz CT molecular complexity index is 1190. The number of carbonyl (C=O) groups excluding carboxylic acids is 3. The van der Waals surface area contributed by atoms with E-state index in [0.29, 0.717) is 29.1 Å². The summed E-state index contributed by atoms with van der Waals surface area (Å²) in [6, 6.07) is 12.2. The van der Waals surface area contributed by atoms with E-state index in [9.17, 15) is 19.5 Å². The number of hydrogen-bond acceptors (Lipinski definition) is 7. The molecule has 0 spiro atoms. The molecule has 1 unspecified atom stereocenters. The van der Waals surface area contributed by atoms with Crippen LogP contribution in [0.15, 0.2) is 54.6 Å². The fraction of sp³-hybridized carbons (Fsp3) is 0.370. The normalized spacial score (nSPS) is 22.0. The number of benzene rings is 2. The summed E-state index contributed by atoms with van der Waals surface area (Å²) in [5.74, 6) is -1.07. The van der Waals surface area contributed by atoms with Gasteiger partial charge in [0.2, 0.25) is 5.91 Å². The van der Waals surface area contributed by atoms with E-state index in [-0.39, 0.29) is 25.5 Å². The summed E-state index contributed by atoms with van der Waals surface area (Å²) in [5, 5.41) is 20.8. The van der Waals surface area contributed by atoms with Crippen molar-refractivity contribution >= 4 is 29.2 Å². The van der Waals surface area contributed by atoms with Gasteiger partial charge < -0.3 is 24.6 Å². The Morgan fingerprint density at radius 3 is 2.56 bits per heavy atom. The standard InChI is InChI=1S/C27H30N2O7/c1-17(6-4-5-13-30)27(34)22-14-21(35-3)11-12-23(22)28(26(27)33)16-19-7-9-20(10-8-19)29-24(32)15-25(29)36-18(2)31/h4,6-12,14,17,25,30,34H,5,13,15-16H2,1-3H3/b6-4+/t17-,25?,27+/m0/s1. The topological polar surface area (TPSA) is 117 Å². The first-order chi connectivity index (χ1) is 17.2. The molecule has 1 fully saturated rings. The predicted molar refractivity (Wildman–Crippen MR) is 132 cm³/mol. The Labute approximate surface area is 209 Å². The van der Waals surface area contributed by atoms with Crippen LogP contribution >= 0.6 is 0 Å². The van der Waals surface area contributed by atoms with Crippen LogP contribution in [0.3, 0.4) is 0 Å². The van der Waals surface area contributed by atoms with Gasteiger partial charge in [-0.15, -0.1) is 0 Å². The first kappa shape index (κ1) is 25.4. The molecule has 9 nitrogen and oxygen atoms in total. The average Bonchev–Trinajstić information content (AvgIpc) is 3.06. The van der Waals surface area contributed by atoms with E-state index in [1.807, 2.05) is 0 Å². The molecule has 3 atom stereocenters. The Kier molecular flexibility index (Phi) is 7.14. The van der Waals surface area contributed by atoms with Crippen LogP contribution in [0.1, 0.15) is 37.8 Å². The third kappa shape index (κ3) is 4.47. The lowest BCUT2D eigenvalue weighted by atomic mass is 9.83. The molecule has 190 valence electrons. The first-order valence-corrected chi connectivity index (χ1v) is 11.8. The molecule has 0 aliphatic carbocycles. The Balaban J connectivity index is 1.60. The lowest BCUT2D eigenvalue weighted by molar-refractivity contribution is -0.153. The van der Waals surface area contributed by atoms with Crippen LogP contribution in [0.25, 0.3) is 0 Å². The van der Waals surface area contributed by atoms with Gasteiger partial charge in [-0.25, -0.2) is 0 Å². The van der Waals surface area contributed by atoms with E-state index in [4.69, 9.17) is 14.6 Å². The lowest BCUT2D eigenvalue weighted by Crippen LogP contribution is -2.54. The van der Waals surface area contributed by atoms with Crippen LogP contribution < -0.4 is 14.5 Å². The highest BCUT2D eigenvalue weighted by Crippen LogP contribution is 2.47. The number of anilines is 2. The molecule has 0 saturated carbocycles. The van der Waals surface area contributed by atoms with Crippen LogP contribution in [0.5, 0.6) is 5.75 Å². The number of hydrogen-bond donors (Lipinski definition) is 2. The largest absolute Gasteiger partial charge is 0.497 e. The lowest BCUT2D eigenvalue weighted by Gasteiger charge is -2.39. The van der Waals surface area contributed by atoms with Crippen LogP contribution in [-0.2, 0) is 31.3 Å². The minimum atomic E-state index is -1.79. The fourth-order valence-electron chi connectivity index (χ4n) is 4.65. The minimum Gasteiger partial charge on any atom is -0.497 e. The Morgan fingerprint density at radius 2 is 1.94 bits per heavy atom. The quantitative estimate of drug-likeness (QED) is 0.313. The highest BCUT2D eigenvalue weighted by Gasteiger charge is 2.52. The highest BCUT2D eigenvalue weighted by molar-refractivity contribution is 6.07. The third-order valence-electron chi connectivity index (χ3n) is 6.62. The minimum absolute atomic E-state index is 0.0211. The molecule has 2 aromatic carbocycles. The zero-order valence-electron chi connectivity index (χ0n) is 20.5. The number of esters is 1. The van der Waals surface area contributed by atoms with Crippen LogP contribution in [0, 0.1) is 5.92 Å². The zero-order valence-corrected chi connectivity index (χ0v) is 20.5. The van der Waals surface area contributed by atoms with E-state index in [2.05, 4.69) is 0 Å². The molecule has 2 aliphatic rings. The van der Waals surface area contributed by atoms with E-state index in [1.54, 1.807) is 61.5 Å². The number of rotatable bonds is 9. The van der Waals surface area contributed by atoms with Gasteiger partial charge in [0.05, 0.1) is 25.8 Å². The molecule has 2 N–H and O–H groups in total. The molecule has 0 radical (unpaired) electrons. The van der Waals surface area contributed by atoms with Gasteiger partial charge in [0.15, 0.2) is 11.8 Å². The molecule has 4 rings (SSSR count). The summed E-state index contributed by atoms with van der Waals surface area (Å²) in [4.78, 5) is 39.9. The molecular weight excluding hydrogens is 464 g/mol. The first-order valence-electron chi connectivity index (χ1n) is 11.8. The second kappa shape index (κ2) is 10.1. The van der Waals surface area contributed by atoms with Crippen molar-refractivity contribution < 1.29 is 34.1 Å². The van der Waals surface area contributed by atoms with Crippen LogP contribution in [-0.4, -0.2) is 47.9 Å². The highest BCUT2D eigenvalue weighted by atomic mass is 16.6. The molecule has 2 amide bonds. The summed E-state index contributed by atoms with van der Waals surface area (Å²) in [7, 11) is 1.52. The third-order valence-corrected chi connectivity index (χ3v) is 6.62. The maximum Gasteiger partial charge on any atom is 0.304 e. The molecule has 2 heterocycles. The Hall–Kier alpha value is -3.69. The van der Waals surface area contributed by atoms with Gasteiger partial charge in [-0.3, -0.25) is 19.3 Å². The summed E-state index contributed by atoms with van der Waals surface area (Å²) >= 11 is 0. The monoisotopic (exact) mass is 494 g/mol. The van der Waals surface area contributed by atoms with Crippen molar-refractivity contribution in [1.82, 2.24) is 0 Å². The second-order valence-corrected chi connectivity index (χ2v) is 8.97. The number of nitrogens with zero attached hydrogens (tertiary/aromatic N) is 2. The molecule has 9 heteroatoms. The van der Waals surface area contributed by atoms with Crippen molar-refractivity contribution in [2.75, 3.05) is 23.5 Å². The van der Waals surface area contributed by atoms with Crippen molar-refractivity contribution in [1.29, 1.82) is 0 Å². The fourth-order valence-corrected chi connectivity index (χ4v) is 4.65. The average molecular weight is 495 g/mol. The number of aliphatic hydroxyl groups excluding tert-OH is 1. The Morgan fingerprint density at radius 1 is 1.22 bits per heavy atom. The SMILES string of the molecule is COc1ccc2c(c1)[C@](O)([C@@H](C)/C=C/CCO)C(=O)N2Cc1ccc(N2C(=O)CC2OC(C)=O)cc1. The molecular formula is C27H30N2O7. The van der Waals surface area contributed by atoms with Gasteiger partial charge in [0.1, 0.15) is 5.75 Å². The molecule has 2 aromatic rings. The van der Waals surface area contributed by atoms with E-state index in [1.165, 1.54) is 23.8 Å². The van der Waals surface area contributed by atoms with Gasteiger partial charge >= 0.3 is 5.97 Å². The summed E-state index contributed by atoms with van der Waals surface area (Å²) < 4.78 is 10.5. The number of amides is 2. The summed E-state index contributed by atoms with van der Waals surface area (Å²) in [6.45, 7) is 3.24. The number of fused-ring (bicyclic) bond motifs is 1. The zero-order chi connectivity index (χ0) is 26.0. The summed E-state index contributed by atoms with van der Waals surface area (Å²) in [5.41, 5.74) is 0.636. The van der Waals surface area contributed by atoms with Gasteiger partial charge in [0.25, 0.3) is 5.91 Å². The maximum atomic E-state index is 13.6. The number of ether oxygens (including phenoxy) is 2. The molecule has 1 saturated heterocycles. The van der Waals surface area contributed by atoms with Crippen LogP contribution in [0.4, 0.5) is 11.4 Å². The van der Waals surface area contributed by atoms with E-state index < -0.39 is 29.6 Å². The van der Waals surface area contributed by atoms with E-state index >= 15 is 0 Å². The van der Waals surface area contributed by atoms with Crippen molar-refractivity contribution in [2.45, 2.75) is 45.1 Å². The second-order valence-electron chi connectivity index (χ2n) is 8.97. The molecule has 0 aromatic heterocycles. The van der Waals surface area contributed by atoms with Crippen molar-refractivity contribution in [3.05, 3.63) is 65.7 Å². The molecule has 2 aliphatic heterocycles.